The number of ether oxygens (including phenoxy) is 2. The van der Waals surface area contributed by atoms with E-state index in [9.17, 15) is 27.9 Å². The molecule has 3 rings (SSSR count). The van der Waals surface area contributed by atoms with Crippen LogP contribution >= 0.6 is 0 Å². The van der Waals surface area contributed by atoms with E-state index in [0.717, 1.165) is 0 Å². The number of aliphatic hydroxyl groups is 1. The second-order valence-corrected chi connectivity index (χ2v) is 6.66. The molecule has 0 saturated carbocycles. The predicted molar refractivity (Wildman–Crippen MR) is 99.2 cm³/mol. The van der Waals surface area contributed by atoms with Crippen molar-refractivity contribution in [1.82, 2.24) is 10.6 Å². The van der Waals surface area contributed by atoms with Crippen LogP contribution in [0.3, 0.4) is 0 Å². The number of benzene rings is 2. The Hall–Kier alpha value is -3.27. The summed E-state index contributed by atoms with van der Waals surface area (Å²) in [5.74, 6) is -2.71. The monoisotopic (exact) mass is 424 g/mol. The third kappa shape index (κ3) is 3.65. The summed E-state index contributed by atoms with van der Waals surface area (Å²) in [6, 6.07) is 8.62. The quantitative estimate of drug-likeness (QED) is 0.642. The lowest BCUT2D eigenvalue weighted by Crippen LogP contribution is -2.72. The zero-order chi connectivity index (χ0) is 22.1. The van der Waals surface area contributed by atoms with Crippen LogP contribution in [-0.4, -0.2) is 43.0 Å². The van der Waals surface area contributed by atoms with Gasteiger partial charge in [0.15, 0.2) is 5.78 Å². The third-order valence-electron chi connectivity index (χ3n) is 4.92. The summed E-state index contributed by atoms with van der Waals surface area (Å²) in [6.07, 6.45) is -5.34. The standard InChI is InChI=1S/C20H19F3N2O5/c1-29-12-8-9-13(14(10-12)30-2)16-15(17(26)11-6-4-3-5-7-11)19(28,20(21,22)23)25-18(27)24-16/h3-10,15-16,28H,1-2H3,(H2,24,25,27)/t15-,16-,19-/m0/s1. The fourth-order valence-electron chi connectivity index (χ4n) is 3.46. The van der Waals surface area contributed by atoms with E-state index in [1.807, 2.05) is 0 Å². The largest absolute Gasteiger partial charge is 0.497 e. The molecule has 1 saturated heterocycles. The van der Waals surface area contributed by atoms with Crippen LogP contribution in [0.1, 0.15) is 22.0 Å². The van der Waals surface area contributed by atoms with Crippen molar-refractivity contribution in [1.29, 1.82) is 0 Å². The summed E-state index contributed by atoms with van der Waals surface area (Å²) in [7, 11) is 2.68. The molecule has 2 amide bonds. The van der Waals surface area contributed by atoms with Gasteiger partial charge in [-0.15, -0.1) is 0 Å². The number of alkyl halides is 3. The zero-order valence-electron chi connectivity index (χ0n) is 16.0. The number of hydrogen-bond acceptors (Lipinski definition) is 5. The van der Waals surface area contributed by atoms with Gasteiger partial charge >= 0.3 is 12.2 Å². The maximum Gasteiger partial charge on any atom is 0.437 e. The lowest BCUT2D eigenvalue weighted by molar-refractivity contribution is -0.287. The van der Waals surface area contributed by atoms with E-state index in [4.69, 9.17) is 9.47 Å². The van der Waals surface area contributed by atoms with Crippen molar-refractivity contribution >= 4 is 11.8 Å². The number of Topliss-reactive ketones (excluding diaryl/α,β-unsaturated/α-hetero) is 1. The van der Waals surface area contributed by atoms with E-state index in [0.29, 0.717) is 5.75 Å². The molecule has 1 aliphatic rings. The van der Waals surface area contributed by atoms with Crippen LogP contribution in [0.25, 0.3) is 0 Å². The maximum absolute atomic E-state index is 13.9. The van der Waals surface area contributed by atoms with E-state index in [1.54, 1.807) is 6.07 Å². The number of carbonyl (C=O) groups is 2. The zero-order valence-corrected chi connectivity index (χ0v) is 16.0. The molecule has 1 heterocycles. The van der Waals surface area contributed by atoms with Crippen LogP contribution in [0.2, 0.25) is 0 Å². The molecule has 1 fully saturated rings. The Bertz CT molecular complexity index is 951. The molecule has 2 aromatic rings. The van der Waals surface area contributed by atoms with Crippen molar-refractivity contribution in [3.63, 3.8) is 0 Å². The average molecular weight is 424 g/mol. The van der Waals surface area contributed by atoms with E-state index in [2.05, 4.69) is 5.32 Å². The minimum absolute atomic E-state index is 0.0550. The van der Waals surface area contributed by atoms with Crippen LogP contribution in [-0.2, 0) is 0 Å². The fourth-order valence-corrected chi connectivity index (χ4v) is 3.46. The number of rotatable bonds is 5. The highest BCUT2D eigenvalue weighted by atomic mass is 19.4. The molecule has 10 heteroatoms. The normalized spacial score (nSPS) is 23.9. The number of methoxy groups -OCH3 is 2. The third-order valence-corrected chi connectivity index (χ3v) is 4.92. The van der Waals surface area contributed by atoms with Crippen LogP contribution in [0.15, 0.2) is 48.5 Å². The Kier molecular flexibility index (Phi) is 5.62. The first-order valence-corrected chi connectivity index (χ1v) is 8.81. The smallest absolute Gasteiger partial charge is 0.437 e. The molecular weight excluding hydrogens is 405 g/mol. The van der Waals surface area contributed by atoms with Gasteiger partial charge < -0.3 is 25.2 Å². The highest BCUT2D eigenvalue weighted by molar-refractivity contribution is 6.00. The summed E-state index contributed by atoms with van der Waals surface area (Å²) in [6.45, 7) is 0. The van der Waals surface area contributed by atoms with E-state index >= 15 is 0 Å². The molecule has 30 heavy (non-hydrogen) atoms. The molecule has 0 radical (unpaired) electrons. The predicted octanol–water partition coefficient (Wildman–Crippen LogP) is 2.81. The molecule has 160 valence electrons. The van der Waals surface area contributed by atoms with Crippen LogP contribution < -0.4 is 20.1 Å². The molecule has 0 aromatic heterocycles. The van der Waals surface area contributed by atoms with Gasteiger partial charge in [-0.05, 0) is 12.1 Å². The molecule has 0 aliphatic carbocycles. The molecule has 0 bridgehead atoms. The van der Waals surface area contributed by atoms with Gasteiger partial charge in [-0.1, -0.05) is 30.3 Å². The molecular formula is C20H19F3N2O5. The lowest BCUT2D eigenvalue weighted by Gasteiger charge is -2.45. The van der Waals surface area contributed by atoms with Gasteiger partial charge in [0.2, 0.25) is 5.72 Å². The second-order valence-electron chi connectivity index (χ2n) is 6.66. The summed E-state index contributed by atoms with van der Waals surface area (Å²) in [5.41, 5.74) is -3.79. The summed E-state index contributed by atoms with van der Waals surface area (Å²) < 4.78 is 52.1. The number of ketones is 1. The van der Waals surface area contributed by atoms with E-state index in [-0.39, 0.29) is 16.9 Å². The van der Waals surface area contributed by atoms with Gasteiger partial charge in [0, 0.05) is 17.2 Å². The molecule has 2 aromatic carbocycles. The molecule has 0 unspecified atom stereocenters. The van der Waals surface area contributed by atoms with Gasteiger partial charge in [-0.2, -0.15) is 13.2 Å². The van der Waals surface area contributed by atoms with E-state index < -0.39 is 35.7 Å². The minimum atomic E-state index is -5.34. The van der Waals surface area contributed by atoms with Crippen molar-refractivity contribution in [2.45, 2.75) is 17.9 Å². The highest BCUT2D eigenvalue weighted by Gasteiger charge is 2.66. The minimum Gasteiger partial charge on any atom is -0.497 e. The Morgan fingerprint density at radius 2 is 1.77 bits per heavy atom. The number of hydrogen-bond donors (Lipinski definition) is 3. The fraction of sp³-hybridized carbons (Fsp3) is 0.300. The van der Waals surface area contributed by atoms with Crippen LogP contribution in [0, 0.1) is 5.92 Å². The topological polar surface area (TPSA) is 96.9 Å². The Morgan fingerprint density at radius 3 is 2.33 bits per heavy atom. The van der Waals surface area contributed by atoms with Crippen molar-refractivity contribution in [2.75, 3.05) is 14.2 Å². The molecule has 0 spiro atoms. The Balaban J connectivity index is 2.21. The van der Waals surface area contributed by atoms with Gasteiger partial charge in [0.1, 0.15) is 17.4 Å². The van der Waals surface area contributed by atoms with Gasteiger partial charge in [-0.3, -0.25) is 4.79 Å². The van der Waals surface area contributed by atoms with Gasteiger partial charge in [0.25, 0.3) is 0 Å². The number of urea groups is 1. The average Bonchev–Trinajstić information content (AvgIpc) is 2.72. The van der Waals surface area contributed by atoms with Crippen LogP contribution in [0.4, 0.5) is 18.0 Å². The first-order chi connectivity index (χ1) is 14.1. The number of carbonyl (C=O) groups excluding carboxylic acids is 2. The first kappa shape index (κ1) is 21.4. The van der Waals surface area contributed by atoms with Crippen molar-refractivity contribution in [2.24, 2.45) is 5.92 Å². The summed E-state index contributed by atoms with van der Waals surface area (Å²) in [5, 5.41) is 14.4. The van der Waals surface area contributed by atoms with Crippen molar-refractivity contribution in [3.05, 3.63) is 59.7 Å². The Labute approximate surface area is 169 Å². The van der Waals surface area contributed by atoms with Crippen LogP contribution in [0.5, 0.6) is 11.5 Å². The van der Waals surface area contributed by atoms with Gasteiger partial charge in [0.05, 0.1) is 20.3 Å². The summed E-state index contributed by atoms with van der Waals surface area (Å²) >= 11 is 0. The molecule has 7 nitrogen and oxygen atoms in total. The maximum atomic E-state index is 13.9. The van der Waals surface area contributed by atoms with Crippen molar-refractivity contribution < 1.29 is 37.3 Å². The number of amides is 2. The Morgan fingerprint density at radius 1 is 1.10 bits per heavy atom. The number of nitrogens with one attached hydrogen (secondary N) is 2. The summed E-state index contributed by atoms with van der Waals surface area (Å²) in [4.78, 5) is 25.2. The highest BCUT2D eigenvalue weighted by Crippen LogP contribution is 2.46. The molecule has 3 N–H and O–H groups in total. The molecule has 3 atom stereocenters. The number of halogens is 3. The lowest BCUT2D eigenvalue weighted by atomic mass is 9.77. The van der Waals surface area contributed by atoms with E-state index in [1.165, 1.54) is 62.0 Å². The second kappa shape index (κ2) is 7.86. The first-order valence-electron chi connectivity index (χ1n) is 8.81. The van der Waals surface area contributed by atoms with Crippen molar-refractivity contribution in [3.8, 4) is 11.5 Å². The van der Waals surface area contributed by atoms with Gasteiger partial charge in [-0.25, -0.2) is 4.79 Å². The molecule has 1 aliphatic heterocycles. The SMILES string of the molecule is COc1ccc([C@@H]2NC(=O)N[C@@](O)(C(F)(F)F)[C@@H]2C(=O)c2ccccc2)c(OC)c1.